The summed E-state index contributed by atoms with van der Waals surface area (Å²) in [5.74, 6) is -0.474. The Labute approximate surface area is 153 Å². The lowest BCUT2D eigenvalue weighted by Crippen LogP contribution is -2.32. The molecule has 1 amide bonds. The van der Waals surface area contributed by atoms with E-state index in [4.69, 9.17) is 9.47 Å². The van der Waals surface area contributed by atoms with E-state index in [1.807, 2.05) is 51.1 Å². The molecule has 0 spiro atoms. The Morgan fingerprint density at radius 2 is 1.77 bits per heavy atom. The first-order valence-electron chi connectivity index (χ1n) is 8.49. The minimum atomic E-state index is -0.565. The number of carbonyl (C=O) groups is 2. The van der Waals surface area contributed by atoms with Crippen molar-refractivity contribution >= 4 is 12.1 Å². The van der Waals surface area contributed by atoms with Crippen molar-refractivity contribution in [1.82, 2.24) is 10.3 Å². The molecule has 0 bridgehead atoms. The van der Waals surface area contributed by atoms with Crippen molar-refractivity contribution in [3.8, 4) is 11.1 Å². The average molecular weight is 356 g/mol. The third-order valence-corrected chi connectivity index (χ3v) is 3.41. The molecule has 0 aliphatic heterocycles. The van der Waals surface area contributed by atoms with E-state index in [1.165, 1.54) is 0 Å². The quantitative estimate of drug-likeness (QED) is 0.821. The van der Waals surface area contributed by atoms with Gasteiger partial charge in [-0.25, -0.2) is 14.6 Å². The van der Waals surface area contributed by atoms with Crippen LogP contribution in [0.2, 0.25) is 0 Å². The number of nitrogens with zero attached hydrogens (tertiary/aromatic N) is 1. The number of alkyl carbamates (subject to hydrolysis) is 1. The normalized spacial score (nSPS) is 10.9. The summed E-state index contributed by atoms with van der Waals surface area (Å²) in [5.41, 5.74) is 1.99. The molecule has 0 fully saturated rings. The van der Waals surface area contributed by atoms with Crippen LogP contribution in [-0.2, 0) is 16.0 Å². The zero-order valence-electron chi connectivity index (χ0n) is 15.5. The van der Waals surface area contributed by atoms with E-state index < -0.39 is 17.7 Å². The Hall–Kier alpha value is -2.89. The molecule has 1 N–H and O–H groups in total. The van der Waals surface area contributed by atoms with E-state index >= 15 is 0 Å². The van der Waals surface area contributed by atoms with Crippen LogP contribution in [0.15, 0.2) is 42.6 Å². The Morgan fingerprint density at radius 1 is 1.08 bits per heavy atom. The van der Waals surface area contributed by atoms with Gasteiger partial charge in [-0.3, -0.25) is 0 Å². The Morgan fingerprint density at radius 3 is 2.46 bits per heavy atom. The molecule has 0 aliphatic carbocycles. The number of aromatic nitrogens is 1. The second-order valence-electron chi connectivity index (χ2n) is 6.63. The van der Waals surface area contributed by atoms with Crippen molar-refractivity contribution in [3.05, 3.63) is 53.9 Å². The number of pyridine rings is 1. The van der Waals surface area contributed by atoms with Gasteiger partial charge in [0.25, 0.3) is 0 Å². The molecule has 26 heavy (non-hydrogen) atoms. The van der Waals surface area contributed by atoms with Crippen molar-refractivity contribution < 1.29 is 19.1 Å². The maximum atomic E-state index is 12.2. The second kappa shape index (κ2) is 8.47. The number of carbonyl (C=O) groups excluding carboxylic acids is 2. The molecule has 0 unspecified atom stereocenters. The van der Waals surface area contributed by atoms with E-state index in [1.54, 1.807) is 19.2 Å². The predicted octanol–water partition coefficient (Wildman–Crippen LogP) is 3.95. The van der Waals surface area contributed by atoms with Crippen LogP contribution in [0.3, 0.4) is 0 Å². The highest BCUT2D eigenvalue weighted by Crippen LogP contribution is 2.26. The molecule has 2 rings (SSSR count). The van der Waals surface area contributed by atoms with Gasteiger partial charge in [-0.05, 0) is 44.9 Å². The fraction of sp³-hybridized carbons (Fsp3) is 0.350. The van der Waals surface area contributed by atoms with Crippen molar-refractivity contribution in [2.45, 2.75) is 39.8 Å². The third kappa shape index (κ3) is 5.31. The summed E-state index contributed by atoms with van der Waals surface area (Å²) in [6.45, 7) is 7.71. The number of ether oxygens (including phenoxy) is 2. The third-order valence-electron chi connectivity index (χ3n) is 3.41. The number of amides is 1. The van der Waals surface area contributed by atoms with Gasteiger partial charge in [-0.2, -0.15) is 0 Å². The monoisotopic (exact) mass is 356 g/mol. The lowest BCUT2D eigenvalue weighted by atomic mass is 9.98. The van der Waals surface area contributed by atoms with Gasteiger partial charge in [0.2, 0.25) is 0 Å². The van der Waals surface area contributed by atoms with E-state index in [0.717, 1.165) is 11.1 Å². The summed E-state index contributed by atoms with van der Waals surface area (Å²) in [7, 11) is 0. The first kappa shape index (κ1) is 19.4. The fourth-order valence-corrected chi connectivity index (χ4v) is 2.40. The topological polar surface area (TPSA) is 77.5 Å². The maximum absolute atomic E-state index is 12.2. The number of hydrogen-bond acceptors (Lipinski definition) is 5. The van der Waals surface area contributed by atoms with Crippen molar-refractivity contribution in [2.24, 2.45) is 0 Å². The molecule has 0 saturated heterocycles. The van der Waals surface area contributed by atoms with Gasteiger partial charge < -0.3 is 14.8 Å². The van der Waals surface area contributed by atoms with E-state index in [0.29, 0.717) is 5.56 Å². The minimum Gasteiger partial charge on any atom is -0.461 e. The van der Waals surface area contributed by atoms with Crippen LogP contribution >= 0.6 is 0 Å². The summed E-state index contributed by atoms with van der Waals surface area (Å²) in [6.07, 6.45) is 1.06. The lowest BCUT2D eigenvalue weighted by molar-refractivity contribution is 0.0510. The number of hydrogen-bond donors (Lipinski definition) is 1. The van der Waals surface area contributed by atoms with Crippen LogP contribution in [0.1, 0.15) is 43.7 Å². The molecule has 1 aromatic heterocycles. The van der Waals surface area contributed by atoms with E-state index in [-0.39, 0.29) is 18.8 Å². The zero-order valence-corrected chi connectivity index (χ0v) is 15.5. The Balaban J connectivity index is 2.27. The predicted molar refractivity (Wildman–Crippen MR) is 98.7 cm³/mol. The molecule has 0 atom stereocenters. The highest BCUT2D eigenvalue weighted by Gasteiger charge is 2.19. The average Bonchev–Trinajstić information content (AvgIpc) is 2.59. The van der Waals surface area contributed by atoms with E-state index in [2.05, 4.69) is 10.3 Å². The fourth-order valence-electron chi connectivity index (χ4n) is 2.40. The molecule has 1 aromatic carbocycles. The second-order valence-corrected chi connectivity index (χ2v) is 6.63. The number of rotatable bonds is 5. The summed E-state index contributed by atoms with van der Waals surface area (Å²) >= 11 is 0. The van der Waals surface area contributed by atoms with Crippen LogP contribution in [0.4, 0.5) is 4.79 Å². The van der Waals surface area contributed by atoms with E-state index in [9.17, 15) is 9.59 Å². The minimum absolute atomic E-state index is 0.249. The highest BCUT2D eigenvalue weighted by molar-refractivity contribution is 5.95. The molecule has 2 aromatic rings. The van der Waals surface area contributed by atoms with Crippen molar-refractivity contribution in [3.63, 3.8) is 0 Å². The smallest absolute Gasteiger partial charge is 0.407 e. The van der Waals surface area contributed by atoms with Crippen LogP contribution in [0.5, 0.6) is 0 Å². The first-order valence-corrected chi connectivity index (χ1v) is 8.49. The van der Waals surface area contributed by atoms with Gasteiger partial charge in [-0.15, -0.1) is 0 Å². The van der Waals surface area contributed by atoms with Crippen LogP contribution < -0.4 is 5.32 Å². The largest absolute Gasteiger partial charge is 0.461 e. The Kier molecular flexibility index (Phi) is 6.33. The van der Waals surface area contributed by atoms with Gasteiger partial charge in [-0.1, -0.05) is 30.3 Å². The SMILES string of the molecule is CCOC(=O)c1ncccc1-c1ccccc1CNC(=O)OC(C)(C)C. The molecular formula is C20H24N2O4. The molecular weight excluding hydrogens is 332 g/mol. The summed E-state index contributed by atoms with van der Waals surface area (Å²) < 4.78 is 10.4. The zero-order chi connectivity index (χ0) is 19.2. The number of nitrogens with one attached hydrogen (secondary N) is 1. The Bertz CT molecular complexity index is 781. The van der Waals surface area contributed by atoms with Crippen LogP contribution in [0.25, 0.3) is 11.1 Å². The molecule has 6 nitrogen and oxygen atoms in total. The number of esters is 1. The van der Waals surface area contributed by atoms with Crippen molar-refractivity contribution in [1.29, 1.82) is 0 Å². The lowest BCUT2D eigenvalue weighted by Gasteiger charge is -2.20. The highest BCUT2D eigenvalue weighted by atomic mass is 16.6. The van der Waals surface area contributed by atoms with Gasteiger partial charge in [0.15, 0.2) is 5.69 Å². The van der Waals surface area contributed by atoms with Crippen molar-refractivity contribution in [2.75, 3.05) is 6.61 Å². The standard InChI is InChI=1S/C20H24N2O4/c1-5-25-18(23)17-16(11-8-12-21-17)15-10-7-6-9-14(15)13-22-19(24)26-20(2,3)4/h6-12H,5,13H2,1-4H3,(H,22,24). The van der Waals surface area contributed by atoms with Crippen LogP contribution in [-0.4, -0.2) is 29.3 Å². The van der Waals surface area contributed by atoms with Crippen LogP contribution in [0, 0.1) is 0 Å². The summed E-state index contributed by atoms with van der Waals surface area (Å²) in [5, 5.41) is 2.74. The van der Waals surface area contributed by atoms with Gasteiger partial charge in [0, 0.05) is 18.3 Å². The van der Waals surface area contributed by atoms with Gasteiger partial charge >= 0.3 is 12.1 Å². The first-order chi connectivity index (χ1) is 12.3. The molecule has 0 aliphatic rings. The molecule has 1 heterocycles. The van der Waals surface area contributed by atoms with Gasteiger partial charge in [0.05, 0.1) is 6.61 Å². The summed E-state index contributed by atoms with van der Waals surface area (Å²) in [6, 6.07) is 11.1. The molecule has 6 heteroatoms. The summed E-state index contributed by atoms with van der Waals surface area (Å²) in [4.78, 5) is 28.3. The number of benzene rings is 1. The van der Waals surface area contributed by atoms with Gasteiger partial charge in [0.1, 0.15) is 5.60 Å². The molecule has 0 radical (unpaired) electrons. The molecule has 0 saturated carbocycles. The molecule has 138 valence electrons. The maximum Gasteiger partial charge on any atom is 0.407 e.